The monoisotopic (exact) mass is 264 g/mol. The number of carbonyl (C=O) groups is 1. The van der Waals surface area contributed by atoms with Crippen LogP contribution in [0.2, 0.25) is 0 Å². The lowest BCUT2D eigenvalue weighted by Gasteiger charge is -2.15. The highest BCUT2D eigenvalue weighted by molar-refractivity contribution is 5.92. The van der Waals surface area contributed by atoms with Crippen LogP contribution in [-0.2, 0) is 6.54 Å². The number of carbonyl (C=O) groups excluding carboxylic acids is 1. The second-order valence-corrected chi connectivity index (χ2v) is 5.57. The van der Waals surface area contributed by atoms with Gasteiger partial charge in [0.25, 0.3) is 5.91 Å². The second kappa shape index (κ2) is 6.70. The average Bonchev–Trinajstić information content (AvgIpc) is 2.75. The molecule has 3 N–H and O–H groups in total. The number of nitrogens with zero attached hydrogens (tertiary/aromatic N) is 2. The Balaban J connectivity index is 1.88. The van der Waals surface area contributed by atoms with Gasteiger partial charge in [-0.3, -0.25) is 4.79 Å². The quantitative estimate of drug-likeness (QED) is 0.810. The smallest absolute Gasteiger partial charge is 0.271 e. The van der Waals surface area contributed by atoms with Crippen molar-refractivity contribution in [3.05, 3.63) is 18.2 Å². The van der Waals surface area contributed by atoms with E-state index in [1.807, 2.05) is 4.57 Å². The topological polar surface area (TPSA) is 72.9 Å². The highest BCUT2D eigenvalue weighted by Crippen LogP contribution is 2.22. The number of hydrogen-bond donors (Lipinski definition) is 2. The van der Waals surface area contributed by atoms with Gasteiger partial charge < -0.3 is 15.6 Å². The Kier molecular flexibility index (Phi) is 4.96. The number of nitrogens with two attached hydrogens (primary N) is 1. The third-order valence-electron chi connectivity index (χ3n) is 3.85. The summed E-state index contributed by atoms with van der Waals surface area (Å²) in [7, 11) is 0. The van der Waals surface area contributed by atoms with E-state index >= 15 is 0 Å². The maximum Gasteiger partial charge on any atom is 0.271 e. The molecular formula is C14H24N4O. The van der Waals surface area contributed by atoms with Gasteiger partial charge in [-0.05, 0) is 25.2 Å². The molecule has 2 unspecified atom stereocenters. The second-order valence-electron chi connectivity index (χ2n) is 5.57. The molecule has 1 heterocycles. The van der Waals surface area contributed by atoms with Gasteiger partial charge in [0.15, 0.2) is 0 Å². The Hall–Kier alpha value is -1.36. The van der Waals surface area contributed by atoms with Crippen molar-refractivity contribution in [1.82, 2.24) is 14.9 Å². The SMILES string of the molecule is CC1CCCC(NC(=O)c2cn(CCN)cn2)CC1. The number of imidazole rings is 1. The zero-order chi connectivity index (χ0) is 13.7. The fourth-order valence-corrected chi connectivity index (χ4v) is 2.64. The van der Waals surface area contributed by atoms with E-state index in [9.17, 15) is 4.79 Å². The van der Waals surface area contributed by atoms with Crippen LogP contribution >= 0.6 is 0 Å². The summed E-state index contributed by atoms with van der Waals surface area (Å²) in [4.78, 5) is 16.2. The van der Waals surface area contributed by atoms with E-state index in [-0.39, 0.29) is 5.91 Å². The van der Waals surface area contributed by atoms with Crippen molar-refractivity contribution in [2.75, 3.05) is 6.54 Å². The van der Waals surface area contributed by atoms with Crippen LogP contribution in [0.5, 0.6) is 0 Å². The summed E-state index contributed by atoms with van der Waals surface area (Å²) in [5, 5.41) is 3.11. The molecule has 106 valence electrons. The third-order valence-corrected chi connectivity index (χ3v) is 3.85. The predicted octanol–water partition coefficient (Wildman–Crippen LogP) is 1.54. The van der Waals surface area contributed by atoms with E-state index in [1.54, 1.807) is 12.5 Å². The summed E-state index contributed by atoms with van der Waals surface area (Å²) in [5.41, 5.74) is 5.97. The van der Waals surface area contributed by atoms with E-state index in [2.05, 4.69) is 17.2 Å². The average molecular weight is 264 g/mol. The Morgan fingerprint density at radius 3 is 3.11 bits per heavy atom. The molecule has 1 aliphatic rings. The molecule has 1 aliphatic carbocycles. The van der Waals surface area contributed by atoms with Crippen LogP contribution < -0.4 is 11.1 Å². The molecule has 5 heteroatoms. The Labute approximate surface area is 114 Å². The molecule has 5 nitrogen and oxygen atoms in total. The molecule has 0 aliphatic heterocycles. The van der Waals surface area contributed by atoms with Crippen molar-refractivity contribution >= 4 is 5.91 Å². The van der Waals surface area contributed by atoms with Crippen molar-refractivity contribution in [2.24, 2.45) is 11.7 Å². The number of aromatic nitrogens is 2. The summed E-state index contributed by atoms with van der Waals surface area (Å²) in [6.45, 7) is 3.54. The minimum absolute atomic E-state index is 0.0599. The number of amides is 1. The molecule has 1 saturated carbocycles. The van der Waals surface area contributed by atoms with E-state index in [1.165, 1.54) is 19.3 Å². The van der Waals surface area contributed by atoms with E-state index in [4.69, 9.17) is 5.73 Å². The molecule has 2 atom stereocenters. The van der Waals surface area contributed by atoms with Crippen LogP contribution in [0.1, 0.15) is 49.5 Å². The summed E-state index contributed by atoms with van der Waals surface area (Å²) < 4.78 is 1.85. The van der Waals surface area contributed by atoms with Gasteiger partial charge in [-0.2, -0.15) is 0 Å². The molecule has 1 amide bonds. The van der Waals surface area contributed by atoms with Gasteiger partial charge in [-0.1, -0.05) is 19.8 Å². The molecule has 2 rings (SSSR count). The van der Waals surface area contributed by atoms with Crippen molar-refractivity contribution in [2.45, 2.75) is 51.6 Å². The first-order valence-electron chi connectivity index (χ1n) is 7.21. The minimum atomic E-state index is -0.0599. The lowest BCUT2D eigenvalue weighted by atomic mass is 10.0. The molecule has 19 heavy (non-hydrogen) atoms. The van der Waals surface area contributed by atoms with E-state index in [0.29, 0.717) is 24.8 Å². The molecule has 0 saturated heterocycles. The molecule has 0 radical (unpaired) electrons. The van der Waals surface area contributed by atoms with Crippen molar-refractivity contribution in [1.29, 1.82) is 0 Å². The maximum absolute atomic E-state index is 12.1. The van der Waals surface area contributed by atoms with Crippen LogP contribution in [0.4, 0.5) is 0 Å². The van der Waals surface area contributed by atoms with E-state index < -0.39 is 0 Å². The lowest BCUT2D eigenvalue weighted by Crippen LogP contribution is -2.34. The fourth-order valence-electron chi connectivity index (χ4n) is 2.64. The largest absolute Gasteiger partial charge is 0.348 e. The first-order valence-corrected chi connectivity index (χ1v) is 7.21. The van der Waals surface area contributed by atoms with Gasteiger partial charge in [0.1, 0.15) is 5.69 Å². The molecular weight excluding hydrogens is 240 g/mol. The van der Waals surface area contributed by atoms with Gasteiger partial charge in [-0.15, -0.1) is 0 Å². The number of hydrogen-bond acceptors (Lipinski definition) is 3. The highest BCUT2D eigenvalue weighted by atomic mass is 16.2. The lowest BCUT2D eigenvalue weighted by molar-refractivity contribution is 0.0928. The van der Waals surface area contributed by atoms with Crippen LogP contribution in [0, 0.1) is 5.92 Å². The van der Waals surface area contributed by atoms with Crippen molar-refractivity contribution < 1.29 is 4.79 Å². The molecule has 0 bridgehead atoms. The summed E-state index contributed by atoms with van der Waals surface area (Å²) in [5.74, 6) is 0.723. The van der Waals surface area contributed by atoms with Crippen LogP contribution in [0.3, 0.4) is 0 Å². The minimum Gasteiger partial charge on any atom is -0.348 e. The van der Waals surface area contributed by atoms with Crippen molar-refractivity contribution in [3.63, 3.8) is 0 Å². The maximum atomic E-state index is 12.1. The molecule has 1 aromatic rings. The first-order chi connectivity index (χ1) is 9.19. The summed E-state index contributed by atoms with van der Waals surface area (Å²) in [6.07, 6.45) is 9.27. The van der Waals surface area contributed by atoms with Crippen LogP contribution in [-0.4, -0.2) is 28.0 Å². The Morgan fingerprint density at radius 1 is 1.47 bits per heavy atom. The summed E-state index contributed by atoms with van der Waals surface area (Å²) in [6, 6.07) is 0.303. The fraction of sp³-hybridized carbons (Fsp3) is 0.714. The van der Waals surface area contributed by atoms with Gasteiger partial charge in [0.2, 0.25) is 0 Å². The molecule has 1 fully saturated rings. The van der Waals surface area contributed by atoms with Gasteiger partial charge in [0.05, 0.1) is 6.33 Å². The standard InChI is InChI=1S/C14H24N4O/c1-11-3-2-4-12(6-5-11)17-14(19)13-9-18(8-7-15)10-16-13/h9-12H,2-8,15H2,1H3,(H,17,19). The molecule has 0 aromatic carbocycles. The molecule has 0 spiro atoms. The summed E-state index contributed by atoms with van der Waals surface area (Å²) >= 11 is 0. The first kappa shape index (κ1) is 14.1. The third kappa shape index (κ3) is 4.06. The van der Waals surface area contributed by atoms with Gasteiger partial charge in [0, 0.05) is 25.3 Å². The molecule has 1 aromatic heterocycles. The predicted molar refractivity (Wildman–Crippen MR) is 74.8 cm³/mol. The zero-order valence-corrected chi connectivity index (χ0v) is 11.6. The van der Waals surface area contributed by atoms with Crippen LogP contribution in [0.15, 0.2) is 12.5 Å². The Morgan fingerprint density at radius 2 is 2.32 bits per heavy atom. The Bertz CT molecular complexity index is 415. The normalized spacial score (nSPS) is 23.9. The van der Waals surface area contributed by atoms with Crippen LogP contribution in [0.25, 0.3) is 0 Å². The number of rotatable bonds is 4. The van der Waals surface area contributed by atoms with Gasteiger partial charge in [-0.25, -0.2) is 4.98 Å². The van der Waals surface area contributed by atoms with E-state index in [0.717, 1.165) is 18.8 Å². The van der Waals surface area contributed by atoms with Crippen molar-refractivity contribution in [3.8, 4) is 0 Å². The van der Waals surface area contributed by atoms with Gasteiger partial charge >= 0.3 is 0 Å². The number of nitrogens with one attached hydrogen (secondary N) is 1. The highest BCUT2D eigenvalue weighted by Gasteiger charge is 2.19. The zero-order valence-electron chi connectivity index (χ0n) is 11.6.